The highest BCUT2D eigenvalue weighted by molar-refractivity contribution is 5.97. The molecule has 1 amide bonds. The van der Waals surface area contributed by atoms with Crippen LogP contribution in [0.2, 0.25) is 0 Å². The first kappa shape index (κ1) is 25.8. The van der Waals surface area contributed by atoms with Crippen LogP contribution in [0, 0.1) is 20.8 Å². The SMILES string of the molecule is CCN(c1cc(OCCO)cc(C(=O)NCc2c(C)cc(C)[nH]c2=O)c1C)C1CCC(N)CC1. The van der Waals surface area contributed by atoms with E-state index < -0.39 is 0 Å². The zero-order chi connectivity index (χ0) is 24.8. The number of nitrogens with two attached hydrogens (primary N) is 1. The van der Waals surface area contributed by atoms with E-state index in [1.54, 1.807) is 6.07 Å². The lowest BCUT2D eigenvalue weighted by Crippen LogP contribution is -2.41. The predicted molar refractivity (Wildman–Crippen MR) is 135 cm³/mol. The number of H-pyrrole nitrogens is 1. The molecule has 0 aliphatic heterocycles. The van der Waals surface area contributed by atoms with E-state index in [1.807, 2.05) is 32.9 Å². The van der Waals surface area contributed by atoms with Crippen LogP contribution in [0.25, 0.3) is 0 Å². The summed E-state index contributed by atoms with van der Waals surface area (Å²) in [4.78, 5) is 30.8. The quantitative estimate of drug-likeness (QED) is 0.447. The molecule has 1 fully saturated rings. The molecule has 1 aliphatic rings. The molecule has 8 heteroatoms. The number of aromatic amines is 1. The molecular weight excluding hydrogens is 432 g/mol. The second kappa shape index (κ2) is 11.5. The number of anilines is 1. The molecule has 5 N–H and O–H groups in total. The van der Waals surface area contributed by atoms with Crippen LogP contribution in [-0.2, 0) is 6.54 Å². The molecule has 1 saturated carbocycles. The van der Waals surface area contributed by atoms with Crippen molar-refractivity contribution in [3.05, 3.63) is 56.5 Å². The van der Waals surface area contributed by atoms with Gasteiger partial charge in [-0.15, -0.1) is 0 Å². The summed E-state index contributed by atoms with van der Waals surface area (Å²) in [6, 6.07) is 6.16. The van der Waals surface area contributed by atoms with Gasteiger partial charge < -0.3 is 30.8 Å². The molecule has 0 atom stereocenters. The number of rotatable bonds is 9. The summed E-state index contributed by atoms with van der Waals surface area (Å²) in [5.41, 5.74) is 10.4. The number of nitrogens with zero attached hydrogens (tertiary/aromatic N) is 1. The summed E-state index contributed by atoms with van der Waals surface area (Å²) in [7, 11) is 0. The van der Waals surface area contributed by atoms with E-state index in [4.69, 9.17) is 10.5 Å². The van der Waals surface area contributed by atoms with Crippen LogP contribution >= 0.6 is 0 Å². The van der Waals surface area contributed by atoms with Gasteiger partial charge in [-0.1, -0.05) is 0 Å². The molecule has 186 valence electrons. The number of benzene rings is 1. The summed E-state index contributed by atoms with van der Waals surface area (Å²) in [6.07, 6.45) is 3.98. The molecular formula is C26H38N4O4. The first-order valence-corrected chi connectivity index (χ1v) is 12.1. The number of aliphatic hydroxyl groups is 1. The summed E-state index contributed by atoms with van der Waals surface area (Å²) >= 11 is 0. The Morgan fingerprint density at radius 2 is 1.91 bits per heavy atom. The second-order valence-corrected chi connectivity index (χ2v) is 9.17. The average molecular weight is 471 g/mol. The Kier molecular flexibility index (Phi) is 8.74. The van der Waals surface area contributed by atoms with Gasteiger partial charge in [0.25, 0.3) is 11.5 Å². The van der Waals surface area contributed by atoms with Gasteiger partial charge in [-0.2, -0.15) is 0 Å². The van der Waals surface area contributed by atoms with Crippen LogP contribution < -0.4 is 26.2 Å². The van der Waals surface area contributed by atoms with E-state index in [0.717, 1.165) is 54.7 Å². The largest absolute Gasteiger partial charge is 0.491 e. The van der Waals surface area contributed by atoms with Crippen molar-refractivity contribution >= 4 is 11.6 Å². The maximum atomic E-state index is 13.3. The third kappa shape index (κ3) is 5.98. The van der Waals surface area contributed by atoms with Crippen LogP contribution in [0.1, 0.15) is 65.3 Å². The van der Waals surface area contributed by atoms with Crippen molar-refractivity contribution in [3.63, 3.8) is 0 Å². The van der Waals surface area contributed by atoms with E-state index in [9.17, 15) is 14.7 Å². The van der Waals surface area contributed by atoms with Gasteiger partial charge in [0.15, 0.2) is 0 Å². The van der Waals surface area contributed by atoms with Crippen molar-refractivity contribution < 1.29 is 14.6 Å². The molecule has 0 radical (unpaired) electrons. The smallest absolute Gasteiger partial charge is 0.253 e. The molecule has 0 unspecified atom stereocenters. The maximum absolute atomic E-state index is 13.3. The highest BCUT2D eigenvalue weighted by atomic mass is 16.5. The van der Waals surface area contributed by atoms with Gasteiger partial charge >= 0.3 is 0 Å². The Hall–Kier alpha value is -2.84. The predicted octanol–water partition coefficient (Wildman–Crippen LogP) is 2.70. The molecule has 3 rings (SSSR count). The highest BCUT2D eigenvalue weighted by Crippen LogP contribution is 2.34. The summed E-state index contributed by atoms with van der Waals surface area (Å²) in [5.74, 6) is 0.268. The van der Waals surface area contributed by atoms with Crippen molar-refractivity contribution in [1.29, 1.82) is 0 Å². The molecule has 1 heterocycles. The number of carbonyl (C=O) groups is 1. The van der Waals surface area contributed by atoms with Gasteiger partial charge in [0.1, 0.15) is 12.4 Å². The Morgan fingerprint density at radius 1 is 1.21 bits per heavy atom. The van der Waals surface area contributed by atoms with Gasteiger partial charge in [0.2, 0.25) is 0 Å². The number of nitrogens with one attached hydrogen (secondary N) is 2. The molecule has 1 aliphatic carbocycles. The van der Waals surface area contributed by atoms with Crippen molar-refractivity contribution in [1.82, 2.24) is 10.3 Å². The maximum Gasteiger partial charge on any atom is 0.253 e. The molecule has 34 heavy (non-hydrogen) atoms. The minimum Gasteiger partial charge on any atom is -0.491 e. The monoisotopic (exact) mass is 470 g/mol. The minimum atomic E-state index is -0.269. The summed E-state index contributed by atoms with van der Waals surface area (Å²) in [5, 5.41) is 12.1. The number of carbonyl (C=O) groups excluding carboxylic acids is 1. The molecule has 1 aromatic heterocycles. The third-order valence-corrected chi connectivity index (χ3v) is 6.71. The fourth-order valence-corrected chi connectivity index (χ4v) is 4.86. The van der Waals surface area contributed by atoms with E-state index in [-0.39, 0.29) is 37.3 Å². The second-order valence-electron chi connectivity index (χ2n) is 9.17. The van der Waals surface area contributed by atoms with E-state index in [1.165, 1.54) is 0 Å². The third-order valence-electron chi connectivity index (χ3n) is 6.71. The number of hydrogen-bond donors (Lipinski definition) is 4. The Balaban J connectivity index is 1.91. The van der Waals surface area contributed by atoms with Gasteiger partial charge in [-0.25, -0.2) is 0 Å². The van der Waals surface area contributed by atoms with Gasteiger partial charge in [-0.3, -0.25) is 9.59 Å². The van der Waals surface area contributed by atoms with Crippen molar-refractivity contribution in [2.45, 2.75) is 72.0 Å². The standard InChI is InChI=1S/C26H38N4O4/c1-5-30(20-8-6-19(27)7-9-20)24-14-21(34-11-10-31)13-22(18(24)4)25(32)28-15-23-16(2)12-17(3)29-26(23)33/h12-14,19-20,31H,5-11,15,27H2,1-4H3,(H,28,32)(H,29,33). The lowest BCUT2D eigenvalue weighted by atomic mass is 9.90. The fourth-order valence-electron chi connectivity index (χ4n) is 4.86. The van der Waals surface area contributed by atoms with Crippen LogP contribution in [-0.4, -0.2) is 47.8 Å². The number of pyridine rings is 1. The van der Waals surface area contributed by atoms with Crippen LogP contribution in [0.4, 0.5) is 5.69 Å². The van der Waals surface area contributed by atoms with E-state index in [2.05, 4.69) is 22.1 Å². The molecule has 0 bridgehead atoms. The van der Waals surface area contributed by atoms with Crippen molar-refractivity contribution in [2.24, 2.45) is 5.73 Å². The minimum absolute atomic E-state index is 0.113. The molecule has 0 spiro atoms. The van der Waals surface area contributed by atoms with Crippen molar-refractivity contribution in [3.8, 4) is 5.75 Å². The van der Waals surface area contributed by atoms with E-state index in [0.29, 0.717) is 22.9 Å². The highest BCUT2D eigenvalue weighted by Gasteiger charge is 2.26. The number of hydrogen-bond acceptors (Lipinski definition) is 6. The summed E-state index contributed by atoms with van der Waals surface area (Å²) < 4.78 is 5.72. The average Bonchev–Trinajstić information content (AvgIpc) is 2.80. The number of aliphatic hydroxyl groups excluding tert-OH is 1. The molecule has 0 saturated heterocycles. The number of amides is 1. The molecule has 8 nitrogen and oxygen atoms in total. The van der Waals surface area contributed by atoms with Crippen molar-refractivity contribution in [2.75, 3.05) is 24.7 Å². The van der Waals surface area contributed by atoms with Crippen LogP contribution in [0.5, 0.6) is 5.75 Å². The van der Waals surface area contributed by atoms with Gasteiger partial charge in [0, 0.05) is 53.7 Å². The number of aromatic nitrogens is 1. The Labute approximate surface area is 201 Å². The molecule has 2 aromatic rings. The number of ether oxygens (including phenoxy) is 1. The Bertz CT molecular complexity index is 1060. The zero-order valence-electron chi connectivity index (χ0n) is 20.7. The summed E-state index contributed by atoms with van der Waals surface area (Å²) in [6.45, 7) is 8.72. The van der Waals surface area contributed by atoms with Gasteiger partial charge in [0.05, 0.1) is 6.61 Å². The first-order valence-electron chi connectivity index (χ1n) is 12.1. The lowest BCUT2D eigenvalue weighted by Gasteiger charge is -2.38. The van der Waals surface area contributed by atoms with Gasteiger partial charge in [-0.05, 0) is 76.6 Å². The Morgan fingerprint density at radius 3 is 2.53 bits per heavy atom. The van der Waals surface area contributed by atoms with E-state index >= 15 is 0 Å². The topological polar surface area (TPSA) is 121 Å². The normalized spacial score (nSPS) is 17.9. The fraction of sp³-hybridized carbons (Fsp3) is 0.538. The first-order chi connectivity index (χ1) is 16.2. The lowest BCUT2D eigenvalue weighted by molar-refractivity contribution is 0.0949. The zero-order valence-corrected chi connectivity index (χ0v) is 20.7. The number of aryl methyl sites for hydroxylation is 2. The molecule has 1 aromatic carbocycles. The van der Waals surface area contributed by atoms with Crippen LogP contribution in [0.15, 0.2) is 23.0 Å². The van der Waals surface area contributed by atoms with Crippen LogP contribution in [0.3, 0.4) is 0 Å².